The molecule has 0 saturated carbocycles. The van der Waals surface area contributed by atoms with Crippen LogP contribution in [0.4, 0.5) is 4.39 Å². The summed E-state index contributed by atoms with van der Waals surface area (Å²) < 4.78 is 32.8. The molecule has 0 aliphatic carbocycles. The number of nitriles is 1. The predicted octanol–water partition coefficient (Wildman–Crippen LogP) is 3.56. The first-order chi connectivity index (χ1) is 15.9. The topological polar surface area (TPSA) is 134 Å². The molecule has 11 heteroatoms. The van der Waals surface area contributed by atoms with Crippen LogP contribution in [0, 0.1) is 17.1 Å². The highest BCUT2D eigenvalue weighted by molar-refractivity contribution is 7.96. The van der Waals surface area contributed by atoms with Gasteiger partial charge in [-0.05, 0) is 51.8 Å². The minimum absolute atomic E-state index is 0.00432. The van der Waals surface area contributed by atoms with Gasteiger partial charge in [0.1, 0.15) is 39.4 Å². The van der Waals surface area contributed by atoms with Crippen molar-refractivity contribution in [1.82, 2.24) is 9.97 Å². The fourth-order valence-corrected chi connectivity index (χ4v) is 8.04. The number of carbonyl (C=O) groups excluding carboxylic acids is 1. The molecule has 0 spiro atoms. The Morgan fingerprint density at radius 1 is 1.38 bits per heavy atom. The largest absolute Gasteiger partial charge is 0.386 e. The Kier molecular flexibility index (Phi) is 5.98. The number of carbonyl (C=O) groups is 1. The van der Waals surface area contributed by atoms with E-state index >= 15 is 4.39 Å². The standard InChI is InChI=1S/C23H24ClFN6O2S/c1-22(2)21(27)31-23(3,18-5-4-8-29-34(18,22)33)20-16(25)7-6-14(30-20)10-17(32)19-15(24)9-13(11-26)12-28-19/h6-7,9,12,18H,4-5,8,10H2,1-3H3,(H2,27,31)/t18-,23-,34+/m0/s1. The van der Waals surface area contributed by atoms with Crippen molar-refractivity contribution in [1.29, 1.82) is 5.26 Å². The average Bonchev–Trinajstić information content (AvgIpc) is 2.79. The minimum Gasteiger partial charge on any atom is -0.386 e. The molecule has 34 heavy (non-hydrogen) atoms. The molecule has 0 unspecified atom stereocenters. The molecule has 0 aromatic carbocycles. The first-order valence-electron chi connectivity index (χ1n) is 10.8. The second kappa shape index (κ2) is 8.40. The van der Waals surface area contributed by atoms with Crippen molar-refractivity contribution in [3.63, 3.8) is 0 Å². The summed E-state index contributed by atoms with van der Waals surface area (Å²) in [7, 11) is -2.88. The number of Topliss-reactive ketones (excluding diaryl/α,β-unsaturated/α-hetero) is 1. The Balaban J connectivity index is 1.77. The Morgan fingerprint density at radius 2 is 2.12 bits per heavy atom. The van der Waals surface area contributed by atoms with Gasteiger partial charge in [0.05, 0.1) is 32.0 Å². The first-order valence-corrected chi connectivity index (χ1v) is 12.7. The van der Waals surface area contributed by atoms with Gasteiger partial charge >= 0.3 is 0 Å². The highest BCUT2D eigenvalue weighted by Gasteiger charge is 2.56. The van der Waals surface area contributed by atoms with Gasteiger partial charge in [0.15, 0.2) is 5.78 Å². The summed E-state index contributed by atoms with van der Waals surface area (Å²) in [5.74, 6) is -0.927. The molecule has 178 valence electrons. The minimum atomic E-state index is -2.88. The van der Waals surface area contributed by atoms with Crippen molar-refractivity contribution in [3.8, 4) is 6.07 Å². The number of pyridine rings is 2. The van der Waals surface area contributed by atoms with E-state index in [0.717, 1.165) is 0 Å². The SMILES string of the molecule is CC1(C)C(N)=N[C@](C)(c2nc(CC(=O)c3ncc(C#N)cc3Cl)ccc2F)[C@@H]2CCCN=[S@@]21=O. The van der Waals surface area contributed by atoms with Crippen LogP contribution in [-0.2, 0) is 21.7 Å². The Bertz CT molecular complexity index is 1390. The van der Waals surface area contributed by atoms with E-state index in [9.17, 15) is 9.00 Å². The van der Waals surface area contributed by atoms with Crippen molar-refractivity contribution >= 4 is 32.9 Å². The molecule has 3 atom stereocenters. The van der Waals surface area contributed by atoms with Gasteiger partial charge in [0.2, 0.25) is 0 Å². The van der Waals surface area contributed by atoms with Crippen LogP contribution in [0.5, 0.6) is 0 Å². The summed E-state index contributed by atoms with van der Waals surface area (Å²) in [5.41, 5.74) is 5.44. The maximum atomic E-state index is 15.2. The molecule has 8 nitrogen and oxygen atoms in total. The third-order valence-electron chi connectivity index (χ3n) is 6.58. The third kappa shape index (κ3) is 3.67. The van der Waals surface area contributed by atoms with Gasteiger partial charge in [0, 0.05) is 18.4 Å². The van der Waals surface area contributed by atoms with Gasteiger partial charge in [-0.15, -0.1) is 0 Å². The van der Waals surface area contributed by atoms with E-state index in [1.165, 1.54) is 24.4 Å². The van der Waals surface area contributed by atoms with Gasteiger partial charge in [-0.25, -0.2) is 13.0 Å². The molecule has 0 bridgehead atoms. The molecular weight excluding hydrogens is 479 g/mol. The van der Waals surface area contributed by atoms with E-state index in [-0.39, 0.29) is 39.9 Å². The quantitative estimate of drug-likeness (QED) is 0.635. The van der Waals surface area contributed by atoms with Crippen LogP contribution >= 0.6 is 11.6 Å². The number of aromatic nitrogens is 2. The highest BCUT2D eigenvalue weighted by atomic mass is 35.5. The van der Waals surface area contributed by atoms with Crippen LogP contribution in [0.25, 0.3) is 0 Å². The number of hydrogen-bond donors (Lipinski definition) is 1. The molecule has 0 saturated heterocycles. The lowest BCUT2D eigenvalue weighted by Gasteiger charge is -2.47. The van der Waals surface area contributed by atoms with Crippen LogP contribution in [0.2, 0.25) is 5.02 Å². The van der Waals surface area contributed by atoms with Crippen LogP contribution in [0.15, 0.2) is 33.8 Å². The van der Waals surface area contributed by atoms with Crippen molar-refractivity contribution in [2.45, 2.75) is 55.6 Å². The van der Waals surface area contributed by atoms with Crippen molar-refractivity contribution in [2.75, 3.05) is 6.54 Å². The summed E-state index contributed by atoms with van der Waals surface area (Å²) in [6.45, 7) is 5.63. The van der Waals surface area contributed by atoms with Gasteiger partial charge in [-0.1, -0.05) is 11.6 Å². The Labute approximate surface area is 202 Å². The fraction of sp³-hybridized carbons (Fsp3) is 0.435. The second-order valence-electron chi connectivity index (χ2n) is 9.11. The maximum absolute atomic E-state index is 15.2. The zero-order chi connectivity index (χ0) is 24.9. The molecule has 4 heterocycles. The number of halogens is 2. The van der Waals surface area contributed by atoms with E-state index in [2.05, 4.69) is 19.3 Å². The van der Waals surface area contributed by atoms with Crippen molar-refractivity contribution < 1.29 is 13.4 Å². The zero-order valence-electron chi connectivity index (χ0n) is 19.0. The molecule has 4 rings (SSSR count). The lowest BCUT2D eigenvalue weighted by Crippen LogP contribution is -2.60. The van der Waals surface area contributed by atoms with Crippen LogP contribution in [0.3, 0.4) is 0 Å². The van der Waals surface area contributed by atoms with Crippen molar-refractivity contribution in [3.05, 3.63) is 57.9 Å². The number of nitrogens with zero attached hydrogens (tertiary/aromatic N) is 5. The average molecular weight is 503 g/mol. The van der Waals surface area contributed by atoms with Crippen LogP contribution in [-0.4, -0.2) is 42.3 Å². The lowest BCUT2D eigenvalue weighted by atomic mass is 9.88. The molecule has 2 aliphatic rings. The molecule has 2 aromatic heterocycles. The Morgan fingerprint density at radius 3 is 2.79 bits per heavy atom. The molecule has 2 aromatic rings. The highest BCUT2D eigenvalue weighted by Crippen LogP contribution is 2.46. The van der Waals surface area contributed by atoms with Gasteiger partial charge < -0.3 is 5.73 Å². The van der Waals surface area contributed by atoms with E-state index in [0.29, 0.717) is 19.4 Å². The number of nitrogens with two attached hydrogens (primary N) is 1. The molecule has 0 fully saturated rings. The second-order valence-corrected chi connectivity index (χ2v) is 12.5. The van der Waals surface area contributed by atoms with Crippen molar-refractivity contribution in [2.24, 2.45) is 15.1 Å². The smallest absolute Gasteiger partial charge is 0.188 e. The maximum Gasteiger partial charge on any atom is 0.188 e. The number of rotatable bonds is 4. The van der Waals surface area contributed by atoms with Crippen LogP contribution < -0.4 is 5.73 Å². The first kappa shape index (κ1) is 24.2. The summed E-state index contributed by atoms with van der Waals surface area (Å²) in [6, 6.07) is 5.89. The number of hydrogen-bond acceptors (Lipinski definition) is 8. The fourth-order valence-electron chi connectivity index (χ4n) is 4.54. The molecule has 2 N–H and O–H groups in total. The summed E-state index contributed by atoms with van der Waals surface area (Å²) in [4.78, 5) is 25.9. The zero-order valence-corrected chi connectivity index (χ0v) is 20.6. The number of ketones is 1. The van der Waals surface area contributed by atoms with E-state index in [1.54, 1.807) is 20.8 Å². The summed E-state index contributed by atoms with van der Waals surface area (Å²) >= 11 is 6.12. The summed E-state index contributed by atoms with van der Waals surface area (Å²) in [5, 5.41) is 8.42. The Hall–Kier alpha value is -2.90. The van der Waals surface area contributed by atoms with Gasteiger partial charge in [0.25, 0.3) is 0 Å². The number of fused-ring (bicyclic) bond motifs is 1. The van der Waals surface area contributed by atoms with Gasteiger partial charge in [-0.3, -0.25) is 19.8 Å². The normalized spacial score (nSPS) is 27.6. The number of amidine groups is 1. The monoisotopic (exact) mass is 502 g/mol. The third-order valence-corrected chi connectivity index (χ3v) is 10.6. The molecular formula is C23H24ClFN6O2S. The summed E-state index contributed by atoms with van der Waals surface area (Å²) in [6.07, 6.45) is 2.30. The molecule has 0 radical (unpaired) electrons. The van der Waals surface area contributed by atoms with E-state index in [1.807, 2.05) is 6.07 Å². The van der Waals surface area contributed by atoms with Crippen LogP contribution in [0.1, 0.15) is 61.1 Å². The number of aliphatic imine (C=N–C) groups is 1. The van der Waals surface area contributed by atoms with E-state index < -0.39 is 36.9 Å². The van der Waals surface area contributed by atoms with Gasteiger partial charge in [-0.2, -0.15) is 5.26 Å². The molecule has 0 amide bonds. The predicted molar refractivity (Wildman–Crippen MR) is 128 cm³/mol. The molecule has 2 aliphatic heterocycles. The lowest BCUT2D eigenvalue weighted by molar-refractivity contribution is 0.0987. The van der Waals surface area contributed by atoms with E-state index in [4.69, 9.17) is 22.6 Å².